The van der Waals surface area contributed by atoms with Crippen LogP contribution in [-0.4, -0.2) is 9.97 Å². The molecular weight excluding hydrogens is 417 g/mol. The zero-order chi connectivity index (χ0) is 13.6. The smallest absolute Gasteiger partial charge is 0.161 e. The monoisotopic (exact) mass is 429 g/mol. The van der Waals surface area contributed by atoms with Gasteiger partial charge in [0, 0.05) is 16.0 Å². The van der Waals surface area contributed by atoms with Gasteiger partial charge in [-0.25, -0.2) is 9.97 Å². The van der Waals surface area contributed by atoms with Gasteiger partial charge in [0.25, 0.3) is 0 Å². The van der Waals surface area contributed by atoms with Crippen LogP contribution in [-0.2, 0) is 0 Å². The highest BCUT2D eigenvalue weighted by Gasteiger charge is 2.29. The molecule has 1 aliphatic rings. The van der Waals surface area contributed by atoms with Gasteiger partial charge < -0.3 is 5.73 Å². The molecule has 1 fully saturated rings. The van der Waals surface area contributed by atoms with Crippen molar-refractivity contribution in [3.8, 4) is 11.4 Å². The number of anilines is 1. The molecule has 5 heteroatoms. The maximum atomic E-state index is 6.02. The van der Waals surface area contributed by atoms with Crippen LogP contribution in [0, 0.1) is 10.5 Å². The number of aromatic nitrogens is 2. The van der Waals surface area contributed by atoms with Crippen LogP contribution in [0.25, 0.3) is 11.4 Å². The molecule has 98 valence electrons. The summed E-state index contributed by atoms with van der Waals surface area (Å²) < 4.78 is 2.08. The molecule has 0 unspecified atom stereocenters. The standard InChI is InChI=1S/C14H13BrIN3/c1-7-2-3-9(6-10(7)15)14-18-12(8-4-5-8)11(16)13(17)19-14/h2-3,6,8H,4-5H2,1H3,(H2,17,18,19). The third-order valence-corrected chi connectivity index (χ3v) is 5.26. The van der Waals surface area contributed by atoms with Gasteiger partial charge in [0.05, 0.1) is 9.26 Å². The summed E-state index contributed by atoms with van der Waals surface area (Å²) in [6.45, 7) is 2.06. The number of hydrogen-bond donors (Lipinski definition) is 1. The Morgan fingerprint density at radius 2 is 2.05 bits per heavy atom. The molecule has 0 aliphatic heterocycles. The van der Waals surface area contributed by atoms with E-state index in [1.54, 1.807) is 0 Å². The Bertz CT molecular complexity index is 653. The predicted molar refractivity (Wildman–Crippen MR) is 89.0 cm³/mol. The Kier molecular flexibility index (Phi) is 3.51. The minimum absolute atomic E-state index is 0.574. The van der Waals surface area contributed by atoms with E-state index >= 15 is 0 Å². The molecule has 3 nitrogen and oxygen atoms in total. The van der Waals surface area contributed by atoms with E-state index in [4.69, 9.17) is 10.7 Å². The molecular formula is C14H13BrIN3. The number of benzene rings is 1. The topological polar surface area (TPSA) is 51.8 Å². The predicted octanol–water partition coefficient (Wildman–Crippen LogP) is 4.28. The molecule has 0 radical (unpaired) electrons. The summed E-state index contributed by atoms with van der Waals surface area (Å²) in [5.74, 6) is 1.88. The Morgan fingerprint density at radius 3 is 2.68 bits per heavy atom. The van der Waals surface area contributed by atoms with Crippen molar-refractivity contribution in [2.75, 3.05) is 5.73 Å². The number of nitrogen functional groups attached to an aromatic ring is 1. The lowest BCUT2D eigenvalue weighted by Crippen LogP contribution is -2.04. The fraction of sp³-hybridized carbons (Fsp3) is 0.286. The van der Waals surface area contributed by atoms with Gasteiger partial charge in [-0.1, -0.05) is 28.1 Å². The zero-order valence-electron chi connectivity index (χ0n) is 10.5. The molecule has 0 spiro atoms. The summed E-state index contributed by atoms with van der Waals surface area (Å²) in [5, 5.41) is 0. The largest absolute Gasteiger partial charge is 0.383 e. The molecule has 1 heterocycles. The van der Waals surface area contributed by atoms with E-state index in [1.165, 1.54) is 18.4 Å². The summed E-state index contributed by atoms with van der Waals surface area (Å²) in [4.78, 5) is 9.14. The Labute approximate surface area is 134 Å². The Hall–Kier alpha value is -0.690. The van der Waals surface area contributed by atoms with Crippen molar-refractivity contribution in [2.45, 2.75) is 25.7 Å². The molecule has 2 aromatic rings. The van der Waals surface area contributed by atoms with Gasteiger partial charge in [-0.3, -0.25) is 0 Å². The normalized spacial score (nSPS) is 14.7. The summed E-state index contributed by atoms with van der Waals surface area (Å²) in [6.07, 6.45) is 2.42. The van der Waals surface area contributed by atoms with E-state index in [-0.39, 0.29) is 0 Å². The van der Waals surface area contributed by atoms with Crippen molar-refractivity contribution in [3.63, 3.8) is 0 Å². The molecule has 0 atom stereocenters. The molecule has 1 aromatic carbocycles. The molecule has 0 saturated heterocycles. The summed E-state index contributed by atoms with van der Waals surface area (Å²) in [5.41, 5.74) is 9.33. The summed E-state index contributed by atoms with van der Waals surface area (Å²) >= 11 is 5.80. The van der Waals surface area contributed by atoms with Crippen molar-refractivity contribution in [1.82, 2.24) is 9.97 Å². The lowest BCUT2D eigenvalue weighted by molar-refractivity contribution is 0.982. The maximum Gasteiger partial charge on any atom is 0.161 e. The average molecular weight is 430 g/mol. The van der Waals surface area contributed by atoms with Crippen LogP contribution in [0.3, 0.4) is 0 Å². The minimum Gasteiger partial charge on any atom is -0.383 e. The molecule has 1 aliphatic carbocycles. The van der Waals surface area contributed by atoms with Crippen LogP contribution in [0.4, 0.5) is 5.82 Å². The summed E-state index contributed by atoms with van der Waals surface area (Å²) in [7, 11) is 0. The highest BCUT2D eigenvalue weighted by atomic mass is 127. The van der Waals surface area contributed by atoms with E-state index in [0.717, 1.165) is 25.1 Å². The summed E-state index contributed by atoms with van der Waals surface area (Å²) in [6, 6.07) is 6.15. The van der Waals surface area contributed by atoms with Crippen LogP contribution in [0.2, 0.25) is 0 Å². The van der Waals surface area contributed by atoms with Crippen molar-refractivity contribution in [1.29, 1.82) is 0 Å². The van der Waals surface area contributed by atoms with E-state index in [0.29, 0.717) is 11.7 Å². The molecule has 19 heavy (non-hydrogen) atoms. The first-order chi connectivity index (χ1) is 9.06. The van der Waals surface area contributed by atoms with Crippen LogP contribution in [0.1, 0.15) is 30.0 Å². The number of halogens is 2. The molecule has 0 amide bonds. The second kappa shape index (κ2) is 5.01. The number of rotatable bonds is 2. The van der Waals surface area contributed by atoms with Gasteiger partial charge in [0.1, 0.15) is 5.82 Å². The first-order valence-corrected chi connectivity index (χ1v) is 8.03. The van der Waals surface area contributed by atoms with Crippen LogP contribution >= 0.6 is 38.5 Å². The average Bonchev–Trinajstić information content (AvgIpc) is 3.20. The first-order valence-electron chi connectivity index (χ1n) is 6.15. The highest BCUT2D eigenvalue weighted by Crippen LogP contribution is 2.42. The SMILES string of the molecule is Cc1ccc(-c2nc(N)c(I)c(C3CC3)n2)cc1Br. The molecule has 3 rings (SSSR count). The van der Waals surface area contributed by atoms with Crippen molar-refractivity contribution >= 4 is 44.3 Å². The minimum atomic E-state index is 0.574. The second-order valence-corrected chi connectivity index (χ2v) is 6.80. The van der Waals surface area contributed by atoms with E-state index in [9.17, 15) is 0 Å². The van der Waals surface area contributed by atoms with Gasteiger partial charge >= 0.3 is 0 Å². The van der Waals surface area contributed by atoms with Crippen molar-refractivity contribution in [3.05, 3.63) is 37.5 Å². The quantitative estimate of drug-likeness (QED) is 0.725. The Balaban J connectivity index is 2.11. The van der Waals surface area contributed by atoms with Crippen LogP contribution in [0.15, 0.2) is 22.7 Å². The van der Waals surface area contributed by atoms with Crippen molar-refractivity contribution < 1.29 is 0 Å². The maximum absolute atomic E-state index is 6.02. The van der Waals surface area contributed by atoms with E-state index < -0.39 is 0 Å². The fourth-order valence-electron chi connectivity index (χ4n) is 1.97. The number of nitrogens with zero attached hydrogens (tertiary/aromatic N) is 2. The zero-order valence-corrected chi connectivity index (χ0v) is 14.2. The number of aryl methyl sites for hydroxylation is 1. The van der Waals surface area contributed by atoms with Gasteiger partial charge in [-0.2, -0.15) is 0 Å². The lowest BCUT2D eigenvalue weighted by atomic mass is 10.1. The van der Waals surface area contributed by atoms with E-state index in [2.05, 4.69) is 56.5 Å². The van der Waals surface area contributed by atoms with Gasteiger partial charge in [0.2, 0.25) is 0 Å². The first kappa shape index (κ1) is 13.3. The van der Waals surface area contributed by atoms with Gasteiger partial charge in [-0.05, 0) is 54.0 Å². The highest BCUT2D eigenvalue weighted by molar-refractivity contribution is 14.1. The number of hydrogen-bond acceptors (Lipinski definition) is 3. The number of nitrogens with two attached hydrogens (primary N) is 1. The van der Waals surface area contributed by atoms with Crippen LogP contribution in [0.5, 0.6) is 0 Å². The lowest BCUT2D eigenvalue weighted by Gasteiger charge is -2.09. The molecule has 2 N–H and O–H groups in total. The molecule has 1 saturated carbocycles. The van der Waals surface area contributed by atoms with Crippen molar-refractivity contribution in [2.24, 2.45) is 0 Å². The fourth-order valence-corrected chi connectivity index (χ4v) is 3.03. The molecule has 0 bridgehead atoms. The third-order valence-electron chi connectivity index (χ3n) is 3.30. The van der Waals surface area contributed by atoms with Crippen LogP contribution < -0.4 is 5.73 Å². The third kappa shape index (κ3) is 2.63. The second-order valence-electron chi connectivity index (χ2n) is 4.87. The van der Waals surface area contributed by atoms with Gasteiger partial charge in [-0.15, -0.1) is 0 Å². The van der Waals surface area contributed by atoms with E-state index in [1.807, 2.05) is 12.1 Å². The van der Waals surface area contributed by atoms with Gasteiger partial charge in [0.15, 0.2) is 5.82 Å². The Morgan fingerprint density at radius 1 is 1.32 bits per heavy atom. The molecule has 1 aromatic heterocycles.